The van der Waals surface area contributed by atoms with Crippen molar-refractivity contribution in [1.29, 1.82) is 0 Å². The Kier molecular flexibility index (Phi) is 6.40. The molecule has 112 valence electrons. The zero-order valence-corrected chi connectivity index (χ0v) is 13.5. The first-order chi connectivity index (χ1) is 9.70. The molecule has 0 aliphatic carbocycles. The lowest BCUT2D eigenvalue weighted by Gasteiger charge is -2.28. The van der Waals surface area contributed by atoms with Crippen LogP contribution < -0.4 is 5.32 Å². The summed E-state index contributed by atoms with van der Waals surface area (Å²) in [6.07, 6.45) is 2.44. The molecule has 1 fully saturated rings. The molecule has 1 aromatic rings. The van der Waals surface area contributed by atoms with E-state index >= 15 is 0 Å². The second-order valence-corrected chi connectivity index (χ2v) is 7.41. The summed E-state index contributed by atoms with van der Waals surface area (Å²) in [5.74, 6) is 1.89. The van der Waals surface area contributed by atoms with Crippen molar-refractivity contribution in [2.24, 2.45) is 11.3 Å². The van der Waals surface area contributed by atoms with Crippen molar-refractivity contribution < 1.29 is 4.74 Å². The molecular formula is C17H27NOS. The highest BCUT2D eigenvalue weighted by Gasteiger charge is 2.34. The molecule has 1 aromatic carbocycles. The number of benzene rings is 1. The normalized spacial score (nSPS) is 22.6. The molecule has 1 N–H and O–H groups in total. The lowest BCUT2D eigenvalue weighted by molar-refractivity contribution is 0.147. The van der Waals surface area contributed by atoms with Crippen molar-refractivity contribution in [3.05, 3.63) is 30.3 Å². The van der Waals surface area contributed by atoms with Gasteiger partial charge < -0.3 is 10.1 Å². The largest absolute Gasteiger partial charge is 0.381 e. The van der Waals surface area contributed by atoms with Gasteiger partial charge in [-0.25, -0.2) is 0 Å². The summed E-state index contributed by atoms with van der Waals surface area (Å²) in [5, 5.41) is 3.63. The van der Waals surface area contributed by atoms with Gasteiger partial charge in [0.15, 0.2) is 0 Å². The highest BCUT2D eigenvalue weighted by atomic mass is 32.2. The number of hydrogen-bond acceptors (Lipinski definition) is 3. The van der Waals surface area contributed by atoms with E-state index in [-0.39, 0.29) is 0 Å². The van der Waals surface area contributed by atoms with E-state index in [1.807, 2.05) is 11.8 Å². The van der Waals surface area contributed by atoms with E-state index in [1.165, 1.54) is 23.5 Å². The zero-order chi connectivity index (χ0) is 14.3. The van der Waals surface area contributed by atoms with Gasteiger partial charge >= 0.3 is 0 Å². The number of hydrogen-bond donors (Lipinski definition) is 1. The van der Waals surface area contributed by atoms with Gasteiger partial charge in [0, 0.05) is 23.5 Å². The van der Waals surface area contributed by atoms with Gasteiger partial charge in [0.2, 0.25) is 0 Å². The van der Waals surface area contributed by atoms with Crippen LogP contribution in [-0.2, 0) is 4.74 Å². The Morgan fingerprint density at radius 1 is 1.30 bits per heavy atom. The summed E-state index contributed by atoms with van der Waals surface area (Å²) in [7, 11) is 0. The van der Waals surface area contributed by atoms with Crippen LogP contribution in [0.25, 0.3) is 0 Å². The molecule has 1 aliphatic rings. The average molecular weight is 293 g/mol. The topological polar surface area (TPSA) is 21.3 Å². The molecule has 2 nitrogen and oxygen atoms in total. The minimum atomic E-state index is 0.358. The maximum atomic E-state index is 5.67. The van der Waals surface area contributed by atoms with Crippen LogP contribution in [0.1, 0.15) is 26.7 Å². The molecule has 0 saturated carbocycles. The molecule has 1 aliphatic heterocycles. The highest BCUT2D eigenvalue weighted by molar-refractivity contribution is 7.99. The van der Waals surface area contributed by atoms with E-state index in [4.69, 9.17) is 4.74 Å². The lowest BCUT2D eigenvalue weighted by Crippen LogP contribution is -2.37. The summed E-state index contributed by atoms with van der Waals surface area (Å²) < 4.78 is 5.67. The molecule has 1 heterocycles. The van der Waals surface area contributed by atoms with Gasteiger partial charge in [0.05, 0.1) is 6.61 Å². The number of rotatable bonds is 8. The first-order valence-electron chi connectivity index (χ1n) is 7.67. The molecule has 0 spiro atoms. The van der Waals surface area contributed by atoms with E-state index < -0.39 is 0 Å². The van der Waals surface area contributed by atoms with Gasteiger partial charge in [-0.3, -0.25) is 0 Å². The molecule has 1 saturated heterocycles. The smallest absolute Gasteiger partial charge is 0.0535 e. The fourth-order valence-electron chi connectivity index (χ4n) is 2.60. The maximum Gasteiger partial charge on any atom is 0.0535 e. The Morgan fingerprint density at radius 2 is 2.10 bits per heavy atom. The number of ether oxygens (including phenoxy) is 1. The summed E-state index contributed by atoms with van der Waals surface area (Å²) in [4.78, 5) is 1.37. The van der Waals surface area contributed by atoms with E-state index in [9.17, 15) is 0 Å². The van der Waals surface area contributed by atoms with Crippen molar-refractivity contribution in [1.82, 2.24) is 5.32 Å². The van der Waals surface area contributed by atoms with E-state index in [0.717, 1.165) is 26.3 Å². The third kappa shape index (κ3) is 5.12. The van der Waals surface area contributed by atoms with Gasteiger partial charge in [-0.1, -0.05) is 32.0 Å². The number of nitrogens with one attached hydrogen (secondary N) is 1. The first-order valence-corrected chi connectivity index (χ1v) is 8.65. The highest BCUT2D eigenvalue weighted by Crippen LogP contribution is 2.34. The van der Waals surface area contributed by atoms with Gasteiger partial charge in [0.25, 0.3) is 0 Å². The minimum Gasteiger partial charge on any atom is -0.381 e. The Hall–Kier alpha value is -0.510. The van der Waals surface area contributed by atoms with E-state index in [2.05, 4.69) is 49.5 Å². The fraction of sp³-hybridized carbons (Fsp3) is 0.647. The Balaban J connectivity index is 1.77. The van der Waals surface area contributed by atoms with Gasteiger partial charge in [-0.15, -0.1) is 11.8 Å². The van der Waals surface area contributed by atoms with E-state index in [0.29, 0.717) is 11.3 Å². The third-order valence-electron chi connectivity index (χ3n) is 3.88. The molecule has 0 aromatic heterocycles. The van der Waals surface area contributed by atoms with Crippen LogP contribution in [-0.4, -0.2) is 32.1 Å². The maximum absolute atomic E-state index is 5.67. The van der Waals surface area contributed by atoms with Gasteiger partial charge in [0.1, 0.15) is 0 Å². The molecule has 2 rings (SSSR count). The van der Waals surface area contributed by atoms with Crippen molar-refractivity contribution in [2.45, 2.75) is 31.6 Å². The van der Waals surface area contributed by atoms with Gasteiger partial charge in [-0.05, 0) is 43.2 Å². The van der Waals surface area contributed by atoms with E-state index in [1.54, 1.807) is 0 Å². The summed E-state index contributed by atoms with van der Waals surface area (Å²) in [5.41, 5.74) is 0.358. The molecule has 1 atom stereocenters. The molecular weight excluding hydrogens is 266 g/mol. The summed E-state index contributed by atoms with van der Waals surface area (Å²) in [6.45, 7) is 8.58. The molecule has 3 heteroatoms. The fourth-order valence-corrected chi connectivity index (χ4v) is 3.72. The Labute approximate surface area is 127 Å². The zero-order valence-electron chi connectivity index (χ0n) is 12.7. The summed E-state index contributed by atoms with van der Waals surface area (Å²) >= 11 is 1.96. The van der Waals surface area contributed by atoms with Crippen LogP contribution in [0.3, 0.4) is 0 Å². The second kappa shape index (κ2) is 8.06. The number of thioether (sulfide) groups is 1. The second-order valence-electron chi connectivity index (χ2n) is 6.24. The van der Waals surface area contributed by atoms with Gasteiger partial charge in [-0.2, -0.15) is 0 Å². The SMILES string of the molecule is CC(C)CNCC1(CCSc2ccccc2)CCOC1. The third-order valence-corrected chi connectivity index (χ3v) is 4.90. The quantitative estimate of drug-likeness (QED) is 0.736. The standard InChI is InChI=1S/C17H27NOS/c1-15(2)12-18-13-17(8-10-19-14-17)9-11-20-16-6-4-3-5-7-16/h3-7,15,18H,8-14H2,1-2H3. The van der Waals surface area contributed by atoms with Crippen molar-refractivity contribution in [2.75, 3.05) is 32.1 Å². The molecule has 1 unspecified atom stereocenters. The van der Waals surface area contributed by atoms with Crippen LogP contribution in [0.2, 0.25) is 0 Å². The van der Waals surface area contributed by atoms with Crippen LogP contribution in [0, 0.1) is 11.3 Å². The van der Waals surface area contributed by atoms with Crippen LogP contribution in [0.5, 0.6) is 0 Å². The monoisotopic (exact) mass is 293 g/mol. The first kappa shape index (κ1) is 15.9. The van der Waals surface area contributed by atoms with Crippen LogP contribution >= 0.6 is 11.8 Å². The Bertz CT molecular complexity index is 374. The van der Waals surface area contributed by atoms with Crippen molar-refractivity contribution >= 4 is 11.8 Å². The average Bonchev–Trinajstić information content (AvgIpc) is 2.89. The molecule has 20 heavy (non-hydrogen) atoms. The minimum absolute atomic E-state index is 0.358. The predicted octanol–water partition coefficient (Wildman–Crippen LogP) is 3.82. The van der Waals surface area contributed by atoms with Crippen molar-refractivity contribution in [3.8, 4) is 0 Å². The summed E-state index contributed by atoms with van der Waals surface area (Å²) in [6, 6.07) is 10.7. The molecule has 0 radical (unpaired) electrons. The van der Waals surface area contributed by atoms with Crippen LogP contribution in [0.15, 0.2) is 35.2 Å². The molecule has 0 bridgehead atoms. The lowest BCUT2D eigenvalue weighted by atomic mass is 9.84. The Morgan fingerprint density at radius 3 is 2.75 bits per heavy atom. The van der Waals surface area contributed by atoms with Crippen LogP contribution in [0.4, 0.5) is 0 Å². The molecule has 0 amide bonds. The van der Waals surface area contributed by atoms with Crippen molar-refractivity contribution in [3.63, 3.8) is 0 Å². The predicted molar refractivity (Wildman–Crippen MR) is 87.4 cm³/mol.